The third-order valence-corrected chi connectivity index (χ3v) is 4.26. The SMILES string of the molecule is COc1cc2c(cc1OC)C[NH+](Cc1cccc(O)c1)CC2. The van der Waals surface area contributed by atoms with Crippen molar-refractivity contribution in [2.75, 3.05) is 20.8 Å². The van der Waals surface area contributed by atoms with Crippen molar-refractivity contribution in [3.8, 4) is 17.2 Å². The highest BCUT2D eigenvalue weighted by atomic mass is 16.5. The van der Waals surface area contributed by atoms with E-state index in [0.717, 1.165) is 37.6 Å². The molecule has 0 fully saturated rings. The molecule has 0 saturated heterocycles. The quantitative estimate of drug-likeness (QED) is 0.900. The van der Waals surface area contributed by atoms with E-state index in [1.165, 1.54) is 21.6 Å². The van der Waals surface area contributed by atoms with Crippen LogP contribution in [0.15, 0.2) is 36.4 Å². The van der Waals surface area contributed by atoms with Gasteiger partial charge in [0.25, 0.3) is 0 Å². The molecule has 1 heterocycles. The van der Waals surface area contributed by atoms with Gasteiger partial charge in [0.1, 0.15) is 18.8 Å². The molecular weight excluding hydrogens is 278 g/mol. The highest BCUT2D eigenvalue weighted by Crippen LogP contribution is 2.31. The number of rotatable bonds is 4. The van der Waals surface area contributed by atoms with Crippen molar-refractivity contribution in [3.05, 3.63) is 53.1 Å². The molecule has 4 nitrogen and oxygen atoms in total. The average Bonchev–Trinajstić information content (AvgIpc) is 2.53. The summed E-state index contributed by atoms with van der Waals surface area (Å²) in [4.78, 5) is 1.49. The fourth-order valence-electron chi connectivity index (χ4n) is 3.14. The molecule has 2 aromatic carbocycles. The van der Waals surface area contributed by atoms with Crippen LogP contribution in [-0.2, 0) is 19.5 Å². The number of benzene rings is 2. The maximum atomic E-state index is 9.59. The van der Waals surface area contributed by atoms with Crippen LogP contribution in [-0.4, -0.2) is 25.9 Å². The maximum Gasteiger partial charge on any atom is 0.161 e. The van der Waals surface area contributed by atoms with Gasteiger partial charge in [-0.15, -0.1) is 0 Å². The zero-order valence-electron chi connectivity index (χ0n) is 13.1. The van der Waals surface area contributed by atoms with Crippen molar-refractivity contribution < 1.29 is 19.5 Å². The molecule has 0 radical (unpaired) electrons. The van der Waals surface area contributed by atoms with Crippen LogP contribution in [0.3, 0.4) is 0 Å². The molecule has 4 heteroatoms. The van der Waals surface area contributed by atoms with E-state index in [0.29, 0.717) is 5.75 Å². The Morgan fingerprint density at radius 3 is 2.45 bits per heavy atom. The van der Waals surface area contributed by atoms with E-state index in [9.17, 15) is 5.11 Å². The van der Waals surface area contributed by atoms with Crippen LogP contribution in [0.2, 0.25) is 0 Å². The second-order valence-corrected chi connectivity index (χ2v) is 5.75. The van der Waals surface area contributed by atoms with Gasteiger partial charge in [-0.2, -0.15) is 0 Å². The van der Waals surface area contributed by atoms with E-state index in [1.54, 1.807) is 20.3 Å². The molecule has 2 N–H and O–H groups in total. The molecule has 2 aromatic rings. The van der Waals surface area contributed by atoms with Crippen LogP contribution in [0, 0.1) is 0 Å². The number of hydrogen-bond donors (Lipinski definition) is 2. The van der Waals surface area contributed by atoms with Gasteiger partial charge in [-0.3, -0.25) is 0 Å². The summed E-state index contributed by atoms with van der Waals surface area (Å²) in [5, 5.41) is 9.59. The molecule has 1 unspecified atom stereocenters. The summed E-state index contributed by atoms with van der Waals surface area (Å²) in [7, 11) is 3.34. The predicted octanol–water partition coefficient (Wildman–Crippen LogP) is 1.55. The first-order chi connectivity index (χ1) is 10.7. The number of nitrogens with one attached hydrogen (secondary N) is 1. The van der Waals surface area contributed by atoms with Gasteiger partial charge in [-0.25, -0.2) is 0 Å². The first kappa shape index (κ1) is 14.7. The largest absolute Gasteiger partial charge is 0.508 e. The lowest BCUT2D eigenvalue weighted by molar-refractivity contribution is -0.929. The highest BCUT2D eigenvalue weighted by Gasteiger charge is 2.22. The molecule has 116 valence electrons. The van der Waals surface area contributed by atoms with Gasteiger partial charge in [0.05, 0.1) is 20.8 Å². The van der Waals surface area contributed by atoms with E-state index in [1.807, 2.05) is 12.1 Å². The van der Waals surface area contributed by atoms with E-state index in [-0.39, 0.29) is 0 Å². The zero-order valence-corrected chi connectivity index (χ0v) is 13.1. The van der Waals surface area contributed by atoms with Crippen LogP contribution in [0.4, 0.5) is 0 Å². The van der Waals surface area contributed by atoms with Crippen molar-refractivity contribution in [2.24, 2.45) is 0 Å². The van der Waals surface area contributed by atoms with Gasteiger partial charge in [0.2, 0.25) is 0 Å². The summed E-state index contributed by atoms with van der Waals surface area (Å²) in [6.45, 7) is 2.96. The Balaban J connectivity index is 1.78. The lowest BCUT2D eigenvalue weighted by atomic mass is 9.98. The van der Waals surface area contributed by atoms with Crippen LogP contribution in [0.1, 0.15) is 16.7 Å². The number of methoxy groups -OCH3 is 2. The predicted molar refractivity (Wildman–Crippen MR) is 84.6 cm³/mol. The van der Waals surface area contributed by atoms with Gasteiger partial charge in [-0.1, -0.05) is 12.1 Å². The fourth-order valence-corrected chi connectivity index (χ4v) is 3.14. The summed E-state index contributed by atoms with van der Waals surface area (Å²) in [5.74, 6) is 1.93. The van der Waals surface area contributed by atoms with Crippen molar-refractivity contribution >= 4 is 0 Å². The number of ether oxygens (including phenoxy) is 2. The smallest absolute Gasteiger partial charge is 0.161 e. The fraction of sp³-hybridized carbons (Fsp3) is 0.333. The van der Waals surface area contributed by atoms with Gasteiger partial charge in [-0.05, 0) is 29.8 Å². The number of aromatic hydroxyl groups is 1. The number of phenolic OH excluding ortho intramolecular Hbond substituents is 1. The van der Waals surface area contributed by atoms with E-state index < -0.39 is 0 Å². The monoisotopic (exact) mass is 300 g/mol. The van der Waals surface area contributed by atoms with E-state index >= 15 is 0 Å². The Morgan fingerprint density at radius 1 is 1.05 bits per heavy atom. The molecule has 22 heavy (non-hydrogen) atoms. The minimum absolute atomic E-state index is 0.334. The lowest BCUT2D eigenvalue weighted by Crippen LogP contribution is -3.10. The Kier molecular flexibility index (Phi) is 4.20. The summed E-state index contributed by atoms with van der Waals surface area (Å²) >= 11 is 0. The standard InChI is InChI=1S/C18H21NO3/c1-21-17-9-14-6-7-19(12-15(14)10-18(17)22-2)11-13-4-3-5-16(20)8-13/h3-5,8-10,20H,6-7,11-12H2,1-2H3/p+1. The molecule has 0 spiro atoms. The normalized spacial score (nSPS) is 16.9. The van der Waals surface area contributed by atoms with Crippen molar-refractivity contribution in [1.82, 2.24) is 0 Å². The Hall–Kier alpha value is -2.20. The van der Waals surface area contributed by atoms with Gasteiger partial charge < -0.3 is 19.5 Å². The lowest BCUT2D eigenvalue weighted by Gasteiger charge is -2.27. The highest BCUT2D eigenvalue weighted by molar-refractivity contribution is 5.47. The van der Waals surface area contributed by atoms with Gasteiger partial charge in [0.15, 0.2) is 11.5 Å². The van der Waals surface area contributed by atoms with Gasteiger partial charge in [0, 0.05) is 17.5 Å². The molecule has 0 aliphatic carbocycles. The average molecular weight is 300 g/mol. The molecule has 1 atom stereocenters. The summed E-state index contributed by atoms with van der Waals surface area (Å²) in [6.07, 6.45) is 1.03. The van der Waals surface area contributed by atoms with E-state index in [2.05, 4.69) is 18.2 Å². The zero-order chi connectivity index (χ0) is 15.5. The third-order valence-electron chi connectivity index (χ3n) is 4.26. The second-order valence-electron chi connectivity index (χ2n) is 5.75. The van der Waals surface area contributed by atoms with Crippen LogP contribution >= 0.6 is 0 Å². The van der Waals surface area contributed by atoms with Crippen LogP contribution in [0.5, 0.6) is 17.2 Å². The molecule has 1 aliphatic rings. The molecule has 3 rings (SSSR count). The van der Waals surface area contributed by atoms with Crippen molar-refractivity contribution in [1.29, 1.82) is 0 Å². The first-order valence-electron chi connectivity index (χ1n) is 7.55. The molecule has 0 bridgehead atoms. The van der Waals surface area contributed by atoms with Gasteiger partial charge >= 0.3 is 0 Å². The maximum absolute atomic E-state index is 9.59. The first-order valence-corrected chi connectivity index (χ1v) is 7.55. The van der Waals surface area contributed by atoms with Crippen LogP contribution < -0.4 is 14.4 Å². The number of phenols is 1. The molecular formula is C18H22NO3+. The Bertz CT molecular complexity index is 669. The van der Waals surface area contributed by atoms with Crippen molar-refractivity contribution in [2.45, 2.75) is 19.5 Å². The molecule has 0 amide bonds. The topological polar surface area (TPSA) is 43.1 Å². The Labute approximate surface area is 130 Å². The second kappa shape index (κ2) is 6.28. The number of quaternary nitrogens is 1. The minimum atomic E-state index is 0.334. The van der Waals surface area contributed by atoms with Crippen LogP contribution in [0.25, 0.3) is 0 Å². The van der Waals surface area contributed by atoms with Crippen molar-refractivity contribution in [3.63, 3.8) is 0 Å². The summed E-state index contributed by atoms with van der Waals surface area (Å²) in [6, 6.07) is 11.7. The summed E-state index contributed by atoms with van der Waals surface area (Å²) in [5.41, 5.74) is 3.83. The number of hydrogen-bond acceptors (Lipinski definition) is 3. The molecule has 0 aromatic heterocycles. The minimum Gasteiger partial charge on any atom is -0.508 e. The molecule has 0 saturated carbocycles. The third kappa shape index (κ3) is 3.02. The molecule has 1 aliphatic heterocycles. The number of fused-ring (bicyclic) bond motifs is 1. The Morgan fingerprint density at radius 2 is 1.77 bits per heavy atom. The summed E-state index contributed by atoms with van der Waals surface area (Å²) < 4.78 is 10.8. The van der Waals surface area contributed by atoms with E-state index in [4.69, 9.17) is 9.47 Å².